The highest BCUT2D eigenvalue weighted by molar-refractivity contribution is 7.98. The number of nitrogens with one attached hydrogen (secondary N) is 1. The maximum atomic E-state index is 11.8. The lowest BCUT2D eigenvalue weighted by Gasteiger charge is -2.26. The van der Waals surface area contributed by atoms with E-state index in [9.17, 15) is 4.79 Å². The third-order valence-corrected chi connectivity index (χ3v) is 3.97. The average Bonchev–Trinajstić information content (AvgIpc) is 2.41. The Hall–Kier alpha value is -1.42. The van der Waals surface area contributed by atoms with Crippen molar-refractivity contribution in [1.82, 2.24) is 0 Å². The summed E-state index contributed by atoms with van der Waals surface area (Å²) in [6, 6.07) is 5.97. The standard InChI is InChI=1S/C16H21NO2S/c1-11(2)10-19-13-4-5-14-12(6-7-20-3)8-16(18)17-15(14)9-13/h4-5,9,12H,1,6-8,10H2,2-3H3,(H,17,18)/t12-/m0/s1. The van der Waals surface area contributed by atoms with Crippen LogP contribution in [0.2, 0.25) is 0 Å². The molecule has 1 aliphatic heterocycles. The summed E-state index contributed by atoms with van der Waals surface area (Å²) in [5, 5.41) is 2.95. The molecule has 0 bridgehead atoms. The number of amides is 1. The normalized spacial score (nSPS) is 17.3. The Morgan fingerprint density at radius 3 is 3.05 bits per heavy atom. The van der Waals surface area contributed by atoms with Crippen LogP contribution in [-0.4, -0.2) is 24.5 Å². The maximum Gasteiger partial charge on any atom is 0.224 e. The van der Waals surface area contributed by atoms with Crippen LogP contribution in [-0.2, 0) is 4.79 Å². The zero-order chi connectivity index (χ0) is 14.5. The van der Waals surface area contributed by atoms with Gasteiger partial charge in [0, 0.05) is 18.2 Å². The number of ether oxygens (including phenoxy) is 1. The van der Waals surface area contributed by atoms with E-state index < -0.39 is 0 Å². The van der Waals surface area contributed by atoms with Crippen molar-refractivity contribution in [3.63, 3.8) is 0 Å². The smallest absolute Gasteiger partial charge is 0.224 e. The largest absolute Gasteiger partial charge is 0.489 e. The lowest BCUT2D eigenvalue weighted by Crippen LogP contribution is -2.23. The number of benzene rings is 1. The van der Waals surface area contributed by atoms with Crippen LogP contribution in [0.15, 0.2) is 30.4 Å². The molecule has 0 saturated heterocycles. The van der Waals surface area contributed by atoms with E-state index in [-0.39, 0.29) is 5.91 Å². The van der Waals surface area contributed by atoms with E-state index in [1.54, 1.807) is 0 Å². The van der Waals surface area contributed by atoms with Crippen molar-refractivity contribution >= 4 is 23.4 Å². The van der Waals surface area contributed by atoms with Gasteiger partial charge in [-0.2, -0.15) is 11.8 Å². The van der Waals surface area contributed by atoms with Crippen LogP contribution in [0.3, 0.4) is 0 Å². The van der Waals surface area contributed by atoms with Crippen LogP contribution in [0.4, 0.5) is 5.69 Å². The molecule has 0 spiro atoms. The number of anilines is 1. The highest BCUT2D eigenvalue weighted by atomic mass is 32.2. The molecule has 1 atom stereocenters. The van der Waals surface area contributed by atoms with Gasteiger partial charge in [-0.05, 0) is 48.5 Å². The number of hydrogen-bond donors (Lipinski definition) is 1. The summed E-state index contributed by atoms with van der Waals surface area (Å²) in [6.07, 6.45) is 3.71. The molecule has 1 amide bonds. The second-order valence-corrected chi connectivity index (χ2v) is 6.21. The van der Waals surface area contributed by atoms with Gasteiger partial charge in [-0.15, -0.1) is 0 Å². The lowest BCUT2D eigenvalue weighted by molar-refractivity contribution is -0.116. The summed E-state index contributed by atoms with van der Waals surface area (Å²) >= 11 is 1.82. The van der Waals surface area contributed by atoms with Gasteiger partial charge in [0.25, 0.3) is 0 Å². The Balaban J connectivity index is 2.16. The second kappa shape index (κ2) is 6.84. The van der Waals surface area contributed by atoms with Crippen molar-refractivity contribution in [2.45, 2.75) is 25.7 Å². The van der Waals surface area contributed by atoms with Crippen molar-refractivity contribution in [1.29, 1.82) is 0 Å². The van der Waals surface area contributed by atoms with Crippen molar-refractivity contribution in [3.8, 4) is 5.75 Å². The third-order valence-electron chi connectivity index (χ3n) is 3.33. The van der Waals surface area contributed by atoms with E-state index >= 15 is 0 Å². The van der Waals surface area contributed by atoms with E-state index in [1.165, 1.54) is 5.56 Å². The summed E-state index contributed by atoms with van der Waals surface area (Å²) < 4.78 is 5.63. The van der Waals surface area contributed by atoms with E-state index in [4.69, 9.17) is 4.74 Å². The van der Waals surface area contributed by atoms with Crippen LogP contribution < -0.4 is 10.1 Å². The molecule has 4 heteroatoms. The Morgan fingerprint density at radius 2 is 2.35 bits per heavy atom. The van der Waals surface area contributed by atoms with E-state index in [1.807, 2.05) is 30.8 Å². The highest BCUT2D eigenvalue weighted by Crippen LogP contribution is 2.37. The van der Waals surface area contributed by atoms with Gasteiger partial charge in [0.1, 0.15) is 12.4 Å². The third kappa shape index (κ3) is 3.79. The molecule has 1 N–H and O–H groups in total. The predicted molar refractivity (Wildman–Crippen MR) is 85.7 cm³/mol. The summed E-state index contributed by atoms with van der Waals surface area (Å²) in [7, 11) is 0. The minimum absolute atomic E-state index is 0.0978. The summed E-state index contributed by atoms with van der Waals surface area (Å²) in [4.78, 5) is 11.8. The molecule has 0 aliphatic carbocycles. The molecule has 1 heterocycles. The molecule has 1 aliphatic rings. The first kappa shape index (κ1) is 15.0. The first-order valence-corrected chi connectivity index (χ1v) is 8.19. The summed E-state index contributed by atoms with van der Waals surface area (Å²) in [5.74, 6) is 2.27. The molecule has 2 rings (SSSR count). The number of rotatable bonds is 6. The van der Waals surface area contributed by atoms with E-state index in [0.717, 1.165) is 29.2 Å². The SMILES string of the molecule is C=C(C)COc1ccc2c(c1)NC(=O)C[C@@H]2CCSC. The number of carbonyl (C=O) groups excluding carboxylic acids is 1. The van der Waals surface area contributed by atoms with Gasteiger partial charge < -0.3 is 10.1 Å². The Morgan fingerprint density at radius 1 is 1.55 bits per heavy atom. The Labute approximate surface area is 124 Å². The quantitative estimate of drug-likeness (QED) is 0.810. The molecular formula is C16H21NO2S. The van der Waals surface area contributed by atoms with Crippen molar-refractivity contribution < 1.29 is 9.53 Å². The molecule has 0 saturated carbocycles. The number of thioether (sulfide) groups is 1. The van der Waals surface area contributed by atoms with Crippen LogP contribution in [0, 0.1) is 0 Å². The van der Waals surface area contributed by atoms with Gasteiger partial charge in [0.05, 0.1) is 0 Å². The van der Waals surface area contributed by atoms with E-state index in [0.29, 0.717) is 18.9 Å². The van der Waals surface area contributed by atoms with Gasteiger partial charge in [0.2, 0.25) is 5.91 Å². The van der Waals surface area contributed by atoms with Gasteiger partial charge in [-0.25, -0.2) is 0 Å². The van der Waals surface area contributed by atoms with Gasteiger partial charge >= 0.3 is 0 Å². The zero-order valence-electron chi connectivity index (χ0n) is 12.1. The fourth-order valence-corrected chi connectivity index (χ4v) is 2.87. The second-order valence-electron chi connectivity index (χ2n) is 5.23. The molecule has 0 fully saturated rings. The molecule has 1 aromatic carbocycles. The first-order valence-electron chi connectivity index (χ1n) is 6.80. The van der Waals surface area contributed by atoms with Gasteiger partial charge in [0.15, 0.2) is 0 Å². The molecule has 1 aromatic rings. The summed E-state index contributed by atoms with van der Waals surface area (Å²) in [5.41, 5.74) is 3.09. The number of hydrogen-bond acceptors (Lipinski definition) is 3. The first-order chi connectivity index (χ1) is 9.60. The minimum Gasteiger partial charge on any atom is -0.489 e. The maximum absolute atomic E-state index is 11.8. The molecule has 20 heavy (non-hydrogen) atoms. The number of fused-ring (bicyclic) bond motifs is 1. The molecule has 0 unspecified atom stereocenters. The predicted octanol–water partition coefficient (Wildman–Crippen LogP) is 3.82. The van der Waals surface area contributed by atoms with Crippen LogP contribution in [0.1, 0.15) is 31.2 Å². The Bertz CT molecular complexity index is 513. The molecule has 3 nitrogen and oxygen atoms in total. The van der Waals surface area contributed by atoms with E-state index in [2.05, 4.69) is 24.2 Å². The van der Waals surface area contributed by atoms with Crippen molar-refractivity contribution in [2.24, 2.45) is 0 Å². The average molecular weight is 291 g/mol. The minimum atomic E-state index is 0.0978. The zero-order valence-corrected chi connectivity index (χ0v) is 12.9. The fraction of sp³-hybridized carbons (Fsp3) is 0.438. The van der Waals surface area contributed by atoms with Crippen LogP contribution in [0.25, 0.3) is 0 Å². The monoisotopic (exact) mass is 291 g/mol. The molecular weight excluding hydrogens is 270 g/mol. The molecule has 108 valence electrons. The van der Waals surface area contributed by atoms with Gasteiger partial charge in [-0.1, -0.05) is 12.6 Å². The lowest BCUT2D eigenvalue weighted by atomic mass is 9.88. The van der Waals surface area contributed by atoms with Gasteiger partial charge in [-0.3, -0.25) is 4.79 Å². The number of carbonyl (C=O) groups is 1. The van der Waals surface area contributed by atoms with Crippen LogP contribution in [0.5, 0.6) is 5.75 Å². The molecule has 0 radical (unpaired) electrons. The highest BCUT2D eigenvalue weighted by Gasteiger charge is 2.24. The van der Waals surface area contributed by atoms with Crippen molar-refractivity contribution in [3.05, 3.63) is 35.9 Å². The van der Waals surface area contributed by atoms with Crippen LogP contribution >= 0.6 is 11.8 Å². The fourth-order valence-electron chi connectivity index (χ4n) is 2.35. The Kier molecular flexibility index (Phi) is 5.12. The topological polar surface area (TPSA) is 38.3 Å². The summed E-state index contributed by atoms with van der Waals surface area (Å²) in [6.45, 7) is 6.25. The van der Waals surface area contributed by atoms with Crippen molar-refractivity contribution in [2.75, 3.05) is 23.9 Å². The molecule has 0 aromatic heterocycles.